The normalized spacial score (nSPS) is 10.4. The molecule has 0 atom stereocenters. The highest BCUT2D eigenvalue weighted by molar-refractivity contribution is 9.10. The lowest BCUT2D eigenvalue weighted by Crippen LogP contribution is -1.90. The van der Waals surface area contributed by atoms with Crippen LogP contribution in [0.4, 0.5) is 0 Å². The minimum Gasteiger partial charge on any atom is -0.293 e. The van der Waals surface area contributed by atoms with Crippen LogP contribution in [0.15, 0.2) is 21.3 Å². The van der Waals surface area contributed by atoms with Crippen molar-refractivity contribution < 1.29 is 4.79 Å². The number of rotatable bonds is 2. The van der Waals surface area contributed by atoms with Gasteiger partial charge in [-0.15, -0.1) is 22.7 Å². The Morgan fingerprint density at radius 2 is 2.29 bits per heavy atom. The number of aromatic nitrogens is 1. The molecule has 0 aliphatic rings. The molecule has 0 N–H and O–H groups in total. The van der Waals surface area contributed by atoms with E-state index in [2.05, 4.69) is 20.9 Å². The summed E-state index contributed by atoms with van der Waals surface area (Å²) >= 11 is 6.56. The lowest BCUT2D eigenvalue weighted by atomic mass is 10.3. The van der Waals surface area contributed by atoms with Crippen molar-refractivity contribution in [3.05, 3.63) is 27.0 Å². The van der Waals surface area contributed by atoms with Gasteiger partial charge in [0.25, 0.3) is 0 Å². The van der Waals surface area contributed by atoms with E-state index < -0.39 is 0 Å². The predicted octanol–water partition coefficient (Wildman–Crippen LogP) is 3.84. The Hall–Kier alpha value is -0.520. The van der Waals surface area contributed by atoms with Gasteiger partial charge in [0.2, 0.25) is 0 Å². The van der Waals surface area contributed by atoms with Crippen LogP contribution in [0.2, 0.25) is 0 Å². The van der Waals surface area contributed by atoms with Gasteiger partial charge in [0.15, 0.2) is 5.78 Å². The van der Waals surface area contributed by atoms with Crippen molar-refractivity contribution in [1.82, 2.24) is 4.98 Å². The van der Waals surface area contributed by atoms with Crippen molar-refractivity contribution in [3.63, 3.8) is 0 Å². The lowest BCUT2D eigenvalue weighted by molar-refractivity contribution is 0.101. The summed E-state index contributed by atoms with van der Waals surface area (Å²) in [6.07, 6.45) is 0. The molecule has 2 rings (SSSR count). The van der Waals surface area contributed by atoms with Crippen molar-refractivity contribution >= 4 is 44.4 Å². The van der Waals surface area contributed by atoms with Gasteiger partial charge in [0.1, 0.15) is 10.7 Å². The number of nitrogens with zero attached hydrogens (tertiary/aromatic N) is 1. The average molecular weight is 288 g/mol. The van der Waals surface area contributed by atoms with Crippen LogP contribution in [0.5, 0.6) is 0 Å². The second kappa shape index (κ2) is 3.92. The van der Waals surface area contributed by atoms with Crippen LogP contribution < -0.4 is 0 Å². The number of Topliss-reactive ketones (excluding diaryl/α,β-unsaturated/α-hetero) is 1. The van der Waals surface area contributed by atoms with Gasteiger partial charge < -0.3 is 0 Å². The van der Waals surface area contributed by atoms with Gasteiger partial charge in [-0.1, -0.05) is 0 Å². The van der Waals surface area contributed by atoms with E-state index in [1.165, 1.54) is 18.3 Å². The van der Waals surface area contributed by atoms with Gasteiger partial charge in [-0.3, -0.25) is 4.79 Å². The van der Waals surface area contributed by atoms with Crippen molar-refractivity contribution in [2.75, 3.05) is 0 Å². The first-order valence-corrected chi connectivity index (χ1v) is 6.43. The molecule has 0 aliphatic heterocycles. The fourth-order valence-electron chi connectivity index (χ4n) is 0.986. The summed E-state index contributed by atoms with van der Waals surface area (Å²) in [5.74, 6) is 0.0141. The highest BCUT2D eigenvalue weighted by Gasteiger charge is 2.11. The number of thiazole rings is 1. The first-order chi connectivity index (χ1) is 6.68. The van der Waals surface area contributed by atoms with E-state index in [1.807, 2.05) is 11.4 Å². The number of carbonyl (C=O) groups is 1. The highest BCUT2D eigenvalue weighted by Crippen LogP contribution is 2.35. The van der Waals surface area contributed by atoms with E-state index in [0.29, 0.717) is 5.69 Å². The zero-order valence-corrected chi connectivity index (χ0v) is 10.5. The summed E-state index contributed by atoms with van der Waals surface area (Å²) in [6.45, 7) is 1.53. The van der Waals surface area contributed by atoms with Gasteiger partial charge in [-0.2, -0.15) is 0 Å². The molecule has 0 saturated heterocycles. The molecule has 0 spiro atoms. The molecule has 0 radical (unpaired) electrons. The maximum absolute atomic E-state index is 11.0. The molecule has 2 aromatic rings. The molecular weight excluding hydrogens is 282 g/mol. The molecule has 5 heteroatoms. The van der Waals surface area contributed by atoms with Crippen LogP contribution in [0.25, 0.3) is 9.88 Å². The molecule has 2 aromatic heterocycles. The fraction of sp³-hybridized carbons (Fsp3) is 0.111. The third kappa shape index (κ3) is 1.80. The minimum absolute atomic E-state index is 0.0141. The summed E-state index contributed by atoms with van der Waals surface area (Å²) in [7, 11) is 0. The molecule has 0 aliphatic carbocycles. The molecule has 72 valence electrons. The maximum Gasteiger partial charge on any atom is 0.178 e. The summed E-state index contributed by atoms with van der Waals surface area (Å²) in [5.41, 5.74) is 0.547. The number of hydrogen-bond donors (Lipinski definition) is 0. The monoisotopic (exact) mass is 287 g/mol. The van der Waals surface area contributed by atoms with Crippen LogP contribution in [-0.4, -0.2) is 10.8 Å². The molecular formula is C9H6BrNOS2. The molecule has 2 nitrogen and oxygen atoms in total. The first-order valence-electron chi connectivity index (χ1n) is 3.88. The van der Waals surface area contributed by atoms with Crippen molar-refractivity contribution in [3.8, 4) is 9.88 Å². The Balaban J connectivity index is 2.43. The van der Waals surface area contributed by atoms with E-state index in [-0.39, 0.29) is 5.78 Å². The second-order valence-corrected chi connectivity index (χ2v) is 5.32. The standard InChI is InChI=1S/C9H6BrNOS2/c1-5(12)7-4-14-9(11-7)8-6(10)2-3-13-8/h2-4H,1H3. The Morgan fingerprint density at radius 1 is 1.50 bits per heavy atom. The van der Waals surface area contributed by atoms with Crippen LogP contribution >= 0.6 is 38.6 Å². The Kier molecular flexibility index (Phi) is 2.80. The topological polar surface area (TPSA) is 30.0 Å². The Bertz CT molecular complexity index is 475. The van der Waals surface area contributed by atoms with Crippen LogP contribution in [0.3, 0.4) is 0 Å². The van der Waals surface area contributed by atoms with Gasteiger partial charge >= 0.3 is 0 Å². The fourth-order valence-corrected chi connectivity index (χ4v) is 3.66. The molecule has 0 fully saturated rings. The van der Waals surface area contributed by atoms with Gasteiger partial charge in [-0.25, -0.2) is 4.98 Å². The zero-order valence-electron chi connectivity index (χ0n) is 7.28. The van der Waals surface area contributed by atoms with Crippen molar-refractivity contribution in [1.29, 1.82) is 0 Å². The second-order valence-electron chi connectivity index (χ2n) is 2.69. The number of ketones is 1. The SMILES string of the molecule is CC(=O)c1csc(-c2sccc2Br)n1. The average Bonchev–Trinajstić information content (AvgIpc) is 2.71. The number of hydrogen-bond acceptors (Lipinski definition) is 4. The van der Waals surface area contributed by atoms with Gasteiger partial charge in [-0.05, 0) is 27.4 Å². The van der Waals surface area contributed by atoms with Crippen LogP contribution in [-0.2, 0) is 0 Å². The molecule has 0 saturated carbocycles. The van der Waals surface area contributed by atoms with E-state index in [0.717, 1.165) is 14.4 Å². The third-order valence-electron chi connectivity index (χ3n) is 1.68. The molecule has 0 bridgehead atoms. The van der Waals surface area contributed by atoms with Gasteiger partial charge in [0, 0.05) is 16.8 Å². The number of carbonyl (C=O) groups excluding carboxylic acids is 1. The molecule has 0 aromatic carbocycles. The molecule has 2 heterocycles. The number of thiophene rings is 1. The molecule has 14 heavy (non-hydrogen) atoms. The predicted molar refractivity (Wildman–Crippen MR) is 63.1 cm³/mol. The maximum atomic E-state index is 11.0. The van der Waals surface area contributed by atoms with Crippen molar-refractivity contribution in [2.24, 2.45) is 0 Å². The zero-order chi connectivity index (χ0) is 10.1. The summed E-state index contributed by atoms with van der Waals surface area (Å²) in [4.78, 5) is 16.4. The Morgan fingerprint density at radius 3 is 2.79 bits per heavy atom. The van der Waals surface area contributed by atoms with Crippen LogP contribution in [0, 0.1) is 0 Å². The minimum atomic E-state index is 0.0141. The van der Waals surface area contributed by atoms with Crippen LogP contribution in [0.1, 0.15) is 17.4 Å². The summed E-state index contributed by atoms with van der Waals surface area (Å²) < 4.78 is 1.03. The smallest absolute Gasteiger partial charge is 0.178 e. The third-order valence-corrected chi connectivity index (χ3v) is 4.51. The summed E-state index contributed by atoms with van der Waals surface area (Å²) in [5, 5.41) is 4.69. The first kappa shape index (κ1) is 10.0. The van der Waals surface area contributed by atoms with E-state index in [1.54, 1.807) is 16.7 Å². The van der Waals surface area contributed by atoms with Gasteiger partial charge in [0.05, 0.1) is 4.88 Å². The Labute approximate surface area is 97.7 Å². The highest BCUT2D eigenvalue weighted by atomic mass is 79.9. The van der Waals surface area contributed by atoms with E-state index in [9.17, 15) is 4.79 Å². The van der Waals surface area contributed by atoms with Crippen molar-refractivity contribution in [2.45, 2.75) is 6.92 Å². The quantitative estimate of drug-likeness (QED) is 0.786. The lowest BCUT2D eigenvalue weighted by Gasteiger charge is -1.90. The summed E-state index contributed by atoms with van der Waals surface area (Å²) in [6, 6.07) is 1.98. The number of halogens is 1. The molecule has 0 amide bonds. The largest absolute Gasteiger partial charge is 0.293 e. The van der Waals surface area contributed by atoms with E-state index in [4.69, 9.17) is 0 Å². The molecule has 0 unspecified atom stereocenters. The van der Waals surface area contributed by atoms with E-state index >= 15 is 0 Å².